The first-order valence-electron chi connectivity index (χ1n) is 11.6. The lowest BCUT2D eigenvalue weighted by Gasteiger charge is -2.36. The van der Waals surface area contributed by atoms with Crippen molar-refractivity contribution in [2.45, 2.75) is 51.8 Å². The number of rotatable bonds is 5. The molecule has 35 heavy (non-hydrogen) atoms. The molecule has 1 aromatic heterocycles. The van der Waals surface area contributed by atoms with E-state index in [0.717, 1.165) is 5.69 Å². The van der Waals surface area contributed by atoms with Gasteiger partial charge in [-0.15, -0.1) is 0 Å². The second-order valence-corrected chi connectivity index (χ2v) is 9.73. The van der Waals surface area contributed by atoms with Gasteiger partial charge in [0.15, 0.2) is 0 Å². The average molecular weight is 487 g/mol. The van der Waals surface area contributed by atoms with Crippen LogP contribution < -0.4 is 15.5 Å². The van der Waals surface area contributed by atoms with E-state index in [1.54, 1.807) is 11.0 Å². The van der Waals surface area contributed by atoms with Gasteiger partial charge in [-0.2, -0.15) is 0 Å². The number of hydrogen-bond donors (Lipinski definition) is 3. The van der Waals surface area contributed by atoms with E-state index >= 15 is 0 Å². The summed E-state index contributed by atoms with van der Waals surface area (Å²) in [4.78, 5) is 51.3. The lowest BCUT2D eigenvalue weighted by Crippen LogP contribution is -2.50. The molecule has 0 spiro atoms. The molecule has 3 heterocycles. The maximum absolute atomic E-state index is 12.3. The van der Waals surface area contributed by atoms with E-state index in [4.69, 9.17) is 9.15 Å². The van der Waals surface area contributed by atoms with Crippen molar-refractivity contribution in [1.82, 2.24) is 15.5 Å². The van der Waals surface area contributed by atoms with Crippen LogP contribution in [0.25, 0.3) is 11.0 Å². The zero-order valence-corrected chi connectivity index (χ0v) is 20.1. The van der Waals surface area contributed by atoms with Crippen LogP contribution in [0.5, 0.6) is 0 Å². The topological polar surface area (TPSA) is 141 Å². The van der Waals surface area contributed by atoms with Crippen LogP contribution in [0.15, 0.2) is 22.6 Å². The zero-order valence-electron chi connectivity index (χ0n) is 20.1. The Morgan fingerprint density at radius 3 is 2.54 bits per heavy atom. The van der Waals surface area contributed by atoms with Gasteiger partial charge in [-0.25, -0.2) is 9.59 Å². The van der Waals surface area contributed by atoms with Gasteiger partial charge in [-0.1, -0.05) is 0 Å². The Kier molecular flexibility index (Phi) is 6.70. The molecule has 0 radical (unpaired) electrons. The number of imide groups is 1. The van der Waals surface area contributed by atoms with Crippen LogP contribution in [-0.4, -0.2) is 71.7 Å². The SMILES string of the molecule is CC(C)(C)OC(=O)N1CCN(c2ccc3c(CNC4CCC(=O)NC4=O)c(C(=O)O)oc3c2)CC1. The number of furan rings is 1. The highest BCUT2D eigenvalue weighted by atomic mass is 16.6. The molecule has 11 heteroatoms. The predicted octanol–water partition coefficient (Wildman–Crippen LogP) is 2.08. The monoisotopic (exact) mass is 486 g/mol. The van der Waals surface area contributed by atoms with E-state index < -0.39 is 23.5 Å². The first kappa shape index (κ1) is 24.5. The van der Waals surface area contributed by atoms with E-state index in [0.29, 0.717) is 49.1 Å². The number of carbonyl (C=O) groups excluding carboxylic acids is 3. The summed E-state index contributed by atoms with van der Waals surface area (Å²) in [5.74, 6) is -2.12. The molecular formula is C24H30N4O7. The number of amides is 3. The number of ether oxygens (including phenoxy) is 1. The first-order chi connectivity index (χ1) is 16.5. The molecule has 4 rings (SSSR count). The third kappa shape index (κ3) is 5.56. The van der Waals surface area contributed by atoms with Crippen molar-refractivity contribution >= 4 is 40.5 Å². The van der Waals surface area contributed by atoms with Crippen molar-refractivity contribution in [2.75, 3.05) is 31.1 Å². The number of carboxylic acid groups (broad SMARTS) is 1. The van der Waals surface area contributed by atoms with Gasteiger partial charge in [0, 0.05) is 61.8 Å². The smallest absolute Gasteiger partial charge is 0.410 e. The summed E-state index contributed by atoms with van der Waals surface area (Å²) in [5, 5.41) is 15.6. The lowest BCUT2D eigenvalue weighted by atomic mass is 10.0. The molecule has 3 N–H and O–H groups in total. The minimum absolute atomic E-state index is 0.106. The summed E-state index contributed by atoms with van der Waals surface area (Å²) in [6.07, 6.45) is 0.242. The number of nitrogens with zero attached hydrogens (tertiary/aromatic N) is 2. The summed E-state index contributed by atoms with van der Waals surface area (Å²) in [6, 6.07) is 4.91. The van der Waals surface area contributed by atoms with Gasteiger partial charge in [-0.05, 0) is 39.3 Å². The molecule has 1 aromatic carbocycles. The number of piperidine rings is 1. The number of piperazine rings is 1. The summed E-state index contributed by atoms with van der Waals surface area (Å²) < 4.78 is 11.1. The molecule has 188 valence electrons. The Morgan fingerprint density at radius 1 is 1.20 bits per heavy atom. The van der Waals surface area contributed by atoms with E-state index in [2.05, 4.69) is 15.5 Å². The van der Waals surface area contributed by atoms with Gasteiger partial charge in [0.25, 0.3) is 0 Å². The second kappa shape index (κ2) is 9.57. The van der Waals surface area contributed by atoms with Crippen LogP contribution in [0.1, 0.15) is 49.7 Å². The number of carboxylic acids is 1. The highest BCUT2D eigenvalue weighted by molar-refractivity contribution is 6.00. The first-order valence-corrected chi connectivity index (χ1v) is 11.6. The maximum Gasteiger partial charge on any atom is 0.410 e. The average Bonchev–Trinajstić information content (AvgIpc) is 3.15. The Morgan fingerprint density at radius 2 is 1.91 bits per heavy atom. The summed E-state index contributed by atoms with van der Waals surface area (Å²) in [5.41, 5.74) is 1.18. The van der Waals surface area contributed by atoms with Crippen LogP contribution in [0, 0.1) is 0 Å². The fraction of sp³-hybridized carbons (Fsp3) is 0.500. The Labute approximate surface area is 202 Å². The molecule has 2 fully saturated rings. The predicted molar refractivity (Wildman–Crippen MR) is 126 cm³/mol. The summed E-state index contributed by atoms with van der Waals surface area (Å²) >= 11 is 0. The van der Waals surface area contributed by atoms with Crippen LogP contribution in [-0.2, 0) is 20.9 Å². The molecule has 2 aromatic rings. The molecule has 1 unspecified atom stereocenters. The minimum Gasteiger partial charge on any atom is -0.475 e. The molecule has 2 saturated heterocycles. The van der Waals surface area contributed by atoms with Crippen molar-refractivity contribution in [3.63, 3.8) is 0 Å². The fourth-order valence-corrected chi connectivity index (χ4v) is 4.27. The highest BCUT2D eigenvalue weighted by Gasteiger charge is 2.29. The van der Waals surface area contributed by atoms with E-state index in [1.807, 2.05) is 32.9 Å². The van der Waals surface area contributed by atoms with E-state index in [1.165, 1.54) is 0 Å². The molecule has 2 aliphatic rings. The van der Waals surface area contributed by atoms with Crippen molar-refractivity contribution in [1.29, 1.82) is 0 Å². The number of carbonyl (C=O) groups is 4. The number of benzene rings is 1. The molecule has 1 atom stereocenters. The minimum atomic E-state index is -1.20. The molecular weight excluding hydrogens is 456 g/mol. The van der Waals surface area contributed by atoms with Gasteiger partial charge in [0.05, 0.1) is 6.04 Å². The summed E-state index contributed by atoms with van der Waals surface area (Å²) in [7, 11) is 0. The number of aromatic carboxylic acids is 1. The molecule has 0 saturated carbocycles. The van der Waals surface area contributed by atoms with Crippen LogP contribution in [0.2, 0.25) is 0 Å². The van der Waals surface area contributed by atoms with Gasteiger partial charge in [0.2, 0.25) is 17.6 Å². The number of anilines is 1. The number of nitrogens with one attached hydrogen (secondary N) is 2. The van der Waals surface area contributed by atoms with Gasteiger partial charge in [-0.3, -0.25) is 14.9 Å². The van der Waals surface area contributed by atoms with Gasteiger partial charge >= 0.3 is 12.1 Å². The third-order valence-corrected chi connectivity index (χ3v) is 6.03. The second-order valence-electron chi connectivity index (χ2n) is 9.73. The van der Waals surface area contributed by atoms with Crippen LogP contribution >= 0.6 is 0 Å². The Bertz CT molecular complexity index is 1160. The quantitative estimate of drug-likeness (QED) is 0.542. The molecule has 3 amide bonds. The van der Waals surface area contributed by atoms with Gasteiger partial charge < -0.3 is 29.4 Å². The summed E-state index contributed by atoms with van der Waals surface area (Å²) in [6.45, 7) is 7.82. The number of fused-ring (bicyclic) bond motifs is 1. The van der Waals surface area contributed by atoms with Crippen molar-refractivity contribution in [3.8, 4) is 0 Å². The third-order valence-electron chi connectivity index (χ3n) is 6.03. The maximum atomic E-state index is 12.3. The van der Waals surface area contributed by atoms with Crippen LogP contribution in [0.3, 0.4) is 0 Å². The van der Waals surface area contributed by atoms with E-state index in [-0.39, 0.29) is 30.7 Å². The van der Waals surface area contributed by atoms with Crippen molar-refractivity contribution in [2.24, 2.45) is 0 Å². The van der Waals surface area contributed by atoms with Crippen LogP contribution in [0.4, 0.5) is 10.5 Å². The van der Waals surface area contributed by atoms with E-state index in [9.17, 15) is 24.3 Å². The zero-order chi connectivity index (χ0) is 25.3. The molecule has 11 nitrogen and oxygen atoms in total. The van der Waals surface area contributed by atoms with Gasteiger partial charge in [0.1, 0.15) is 11.2 Å². The molecule has 0 bridgehead atoms. The lowest BCUT2D eigenvalue weighted by molar-refractivity contribution is -0.134. The standard InChI is InChI=1S/C24H30N4O7/c1-24(2,3)35-23(33)28-10-8-27(9-11-28)14-4-5-15-16(20(22(31)32)34-18(15)12-14)13-25-17-6-7-19(29)26-21(17)30/h4-5,12,17,25H,6-11,13H2,1-3H3,(H,31,32)(H,26,29,30). The van der Waals surface area contributed by atoms with Crippen molar-refractivity contribution < 1.29 is 33.4 Å². The number of hydrogen-bond acceptors (Lipinski definition) is 8. The fourth-order valence-electron chi connectivity index (χ4n) is 4.27. The molecule has 0 aliphatic carbocycles. The Balaban J connectivity index is 1.47. The highest BCUT2D eigenvalue weighted by Crippen LogP contribution is 2.31. The molecule has 2 aliphatic heterocycles. The van der Waals surface area contributed by atoms with Crippen molar-refractivity contribution in [3.05, 3.63) is 29.5 Å². The normalized spacial score (nSPS) is 19.1. The largest absolute Gasteiger partial charge is 0.475 e. The Hall–Kier alpha value is -3.60.